The van der Waals surface area contributed by atoms with E-state index in [-0.39, 0.29) is 18.5 Å². The lowest BCUT2D eigenvalue weighted by atomic mass is 10.2. The number of fused-ring (bicyclic) bond motifs is 2. The molecule has 1 aromatic carbocycles. The molecule has 4 heterocycles. The lowest BCUT2D eigenvalue weighted by Gasteiger charge is -2.17. The molecule has 0 spiro atoms. The van der Waals surface area contributed by atoms with E-state index >= 15 is 0 Å². The van der Waals surface area contributed by atoms with Crippen molar-refractivity contribution in [2.24, 2.45) is 7.05 Å². The van der Waals surface area contributed by atoms with Crippen molar-refractivity contribution in [2.45, 2.75) is 31.4 Å². The van der Waals surface area contributed by atoms with Crippen LogP contribution in [0.2, 0.25) is 0 Å². The maximum atomic E-state index is 12.8. The molecule has 1 fully saturated rings. The molecule has 3 N–H and O–H groups in total. The van der Waals surface area contributed by atoms with Crippen molar-refractivity contribution in [3.8, 4) is 0 Å². The molecule has 0 aliphatic carbocycles. The summed E-state index contributed by atoms with van der Waals surface area (Å²) >= 11 is 0. The number of hydrogen-bond acceptors (Lipinski definition) is 7. The molecular weight excluding hydrogens is 396 g/mol. The number of carbonyl (C=O) groups excluding carboxylic acids is 1. The predicted molar refractivity (Wildman–Crippen MR) is 115 cm³/mol. The molecule has 0 bridgehead atoms. The van der Waals surface area contributed by atoms with Crippen molar-refractivity contribution in [3.63, 3.8) is 0 Å². The third kappa shape index (κ3) is 3.38. The van der Waals surface area contributed by atoms with Crippen molar-refractivity contribution < 1.29 is 9.90 Å². The van der Waals surface area contributed by atoms with E-state index in [4.69, 9.17) is 5.73 Å². The Labute approximate surface area is 178 Å². The van der Waals surface area contributed by atoms with Crippen molar-refractivity contribution in [2.75, 3.05) is 18.8 Å². The highest BCUT2D eigenvalue weighted by Crippen LogP contribution is 2.27. The van der Waals surface area contributed by atoms with E-state index in [9.17, 15) is 9.90 Å². The maximum Gasteiger partial charge on any atom is 0.222 e. The number of nitrogens with two attached hydrogens (primary N) is 1. The minimum Gasteiger partial charge on any atom is -0.389 e. The number of aliphatic hydroxyl groups excluding tert-OH is 1. The monoisotopic (exact) mass is 420 g/mol. The molecule has 0 radical (unpaired) electrons. The summed E-state index contributed by atoms with van der Waals surface area (Å²) in [6, 6.07) is 7.69. The summed E-state index contributed by atoms with van der Waals surface area (Å²) in [5.74, 6) is 1.29. The van der Waals surface area contributed by atoms with E-state index in [1.54, 1.807) is 15.8 Å². The molecule has 10 heteroatoms. The lowest BCUT2D eigenvalue weighted by Crippen LogP contribution is -2.29. The number of amides is 1. The Balaban J connectivity index is 1.23. The average Bonchev–Trinajstić information content (AvgIpc) is 3.45. The number of benzene rings is 1. The number of aromatic nitrogens is 6. The van der Waals surface area contributed by atoms with Gasteiger partial charge in [0.05, 0.1) is 29.5 Å². The van der Waals surface area contributed by atoms with Crippen LogP contribution in [0.5, 0.6) is 0 Å². The van der Waals surface area contributed by atoms with Gasteiger partial charge in [-0.25, -0.2) is 19.9 Å². The van der Waals surface area contributed by atoms with Gasteiger partial charge in [0.15, 0.2) is 11.5 Å². The van der Waals surface area contributed by atoms with Crippen LogP contribution < -0.4 is 5.73 Å². The second-order valence-electron chi connectivity index (χ2n) is 7.95. The van der Waals surface area contributed by atoms with E-state index in [0.717, 1.165) is 23.3 Å². The molecule has 0 saturated carbocycles. The fourth-order valence-corrected chi connectivity index (χ4v) is 4.33. The number of aryl methyl sites for hydroxylation is 2. The molecule has 160 valence electrons. The summed E-state index contributed by atoms with van der Waals surface area (Å²) in [6.07, 6.45) is 4.11. The molecule has 31 heavy (non-hydrogen) atoms. The Hall–Kier alpha value is -3.53. The molecular formula is C21H24N8O2. The summed E-state index contributed by atoms with van der Waals surface area (Å²) in [5.41, 5.74) is 8.98. The number of nitrogen functional groups attached to an aromatic ring is 1. The third-order valence-electron chi connectivity index (χ3n) is 6.03. The largest absolute Gasteiger partial charge is 0.389 e. The summed E-state index contributed by atoms with van der Waals surface area (Å²) in [5, 5.41) is 10.6. The second kappa shape index (κ2) is 7.62. The zero-order valence-corrected chi connectivity index (χ0v) is 17.2. The van der Waals surface area contributed by atoms with Crippen molar-refractivity contribution >= 4 is 33.9 Å². The number of imidazole rings is 2. The normalized spacial score (nSPS) is 19.0. The molecule has 1 saturated heterocycles. The molecule has 1 aliphatic rings. The third-order valence-corrected chi connectivity index (χ3v) is 6.03. The minimum atomic E-state index is -0.697. The molecule has 5 rings (SSSR count). The van der Waals surface area contributed by atoms with Crippen LogP contribution in [0.3, 0.4) is 0 Å². The first-order valence-electron chi connectivity index (χ1n) is 10.3. The van der Waals surface area contributed by atoms with Crippen molar-refractivity contribution in [1.29, 1.82) is 0 Å². The quantitative estimate of drug-likeness (QED) is 0.494. The molecule has 1 amide bonds. The highest BCUT2D eigenvalue weighted by atomic mass is 16.3. The van der Waals surface area contributed by atoms with Gasteiger partial charge in [-0.1, -0.05) is 12.1 Å². The minimum absolute atomic E-state index is 0.0267. The van der Waals surface area contributed by atoms with Crippen LogP contribution >= 0.6 is 0 Å². The molecule has 10 nitrogen and oxygen atoms in total. The summed E-state index contributed by atoms with van der Waals surface area (Å²) < 4.78 is 3.86. The average molecular weight is 420 g/mol. The fraction of sp³-hybridized carbons (Fsp3) is 0.381. The highest BCUT2D eigenvalue weighted by molar-refractivity contribution is 5.81. The molecule has 2 atom stereocenters. The number of likely N-dealkylation sites (tertiary alicyclic amines) is 1. The van der Waals surface area contributed by atoms with Gasteiger partial charge >= 0.3 is 0 Å². The summed E-state index contributed by atoms with van der Waals surface area (Å²) in [4.78, 5) is 31.6. The van der Waals surface area contributed by atoms with E-state index in [0.29, 0.717) is 36.4 Å². The number of nitrogens with zero attached hydrogens (tertiary/aromatic N) is 7. The van der Waals surface area contributed by atoms with Gasteiger partial charge < -0.3 is 24.9 Å². The number of para-hydroxylation sites is 2. The van der Waals surface area contributed by atoms with Gasteiger partial charge in [0.2, 0.25) is 5.91 Å². The first-order valence-corrected chi connectivity index (χ1v) is 10.3. The summed E-state index contributed by atoms with van der Waals surface area (Å²) in [6.45, 7) is 0.692. The Morgan fingerprint density at radius 1 is 1.23 bits per heavy atom. The number of β-amino-alcohol motifs (C(OH)–C–C–N with tert-alkyl or cyclic N) is 1. The topological polar surface area (TPSA) is 128 Å². The number of carbonyl (C=O) groups is 1. The Bertz CT molecular complexity index is 1260. The van der Waals surface area contributed by atoms with Gasteiger partial charge in [0.1, 0.15) is 17.7 Å². The van der Waals surface area contributed by atoms with Gasteiger partial charge in [-0.15, -0.1) is 0 Å². The zero-order chi connectivity index (χ0) is 21.5. The maximum absolute atomic E-state index is 12.8. The molecule has 1 aliphatic heterocycles. The molecule has 3 aromatic heterocycles. The van der Waals surface area contributed by atoms with Crippen LogP contribution in [-0.2, 0) is 18.3 Å². The zero-order valence-electron chi connectivity index (χ0n) is 17.2. The van der Waals surface area contributed by atoms with E-state index in [1.807, 2.05) is 31.3 Å². The molecule has 4 aromatic rings. The van der Waals surface area contributed by atoms with Crippen LogP contribution in [0.25, 0.3) is 22.2 Å². The second-order valence-corrected chi connectivity index (χ2v) is 7.95. The SMILES string of the molecule is Cn1c(CCCC(=O)N2C[C@@H](O)[C@H](n3cnc4c(N)ncnc43)C2)nc2ccccc21. The predicted octanol–water partition coefficient (Wildman–Crippen LogP) is 1.06. The van der Waals surface area contributed by atoms with Crippen LogP contribution in [0.15, 0.2) is 36.9 Å². The Kier molecular flexibility index (Phi) is 4.78. The number of aliphatic hydroxyl groups is 1. The first kappa shape index (κ1) is 19.4. The smallest absolute Gasteiger partial charge is 0.222 e. The van der Waals surface area contributed by atoms with Gasteiger partial charge in [-0.05, 0) is 18.6 Å². The van der Waals surface area contributed by atoms with Gasteiger partial charge in [-0.2, -0.15) is 0 Å². The standard InChI is InChI=1S/C21H24N8O2/c1-27-14-6-3-2-5-13(14)26-17(27)7-4-8-18(31)28-9-15(16(30)10-28)29-12-25-19-20(22)23-11-24-21(19)29/h2-3,5-6,11-12,15-16,30H,4,7-10H2,1H3,(H2,22,23,24)/t15-,16-/m1/s1. The van der Waals surface area contributed by atoms with Crippen LogP contribution in [0, 0.1) is 0 Å². The van der Waals surface area contributed by atoms with E-state index in [2.05, 4.69) is 24.5 Å². The first-order chi connectivity index (χ1) is 15.0. The van der Waals surface area contributed by atoms with E-state index in [1.165, 1.54) is 6.33 Å². The highest BCUT2D eigenvalue weighted by Gasteiger charge is 2.36. The molecule has 0 unspecified atom stereocenters. The summed E-state index contributed by atoms with van der Waals surface area (Å²) in [7, 11) is 2.00. The van der Waals surface area contributed by atoms with Crippen LogP contribution in [0.4, 0.5) is 5.82 Å². The Morgan fingerprint density at radius 2 is 2.06 bits per heavy atom. The van der Waals surface area contributed by atoms with Crippen LogP contribution in [0.1, 0.15) is 24.7 Å². The Morgan fingerprint density at radius 3 is 2.90 bits per heavy atom. The number of hydrogen-bond donors (Lipinski definition) is 2. The van der Waals surface area contributed by atoms with Crippen molar-refractivity contribution in [3.05, 3.63) is 42.7 Å². The fourth-order valence-electron chi connectivity index (χ4n) is 4.33. The van der Waals surface area contributed by atoms with E-state index < -0.39 is 6.10 Å². The lowest BCUT2D eigenvalue weighted by molar-refractivity contribution is -0.130. The van der Waals surface area contributed by atoms with Gasteiger partial charge in [0.25, 0.3) is 0 Å². The van der Waals surface area contributed by atoms with Gasteiger partial charge in [-0.3, -0.25) is 4.79 Å². The van der Waals surface area contributed by atoms with Gasteiger partial charge in [0, 0.05) is 33.0 Å². The number of anilines is 1. The number of rotatable bonds is 5. The van der Waals surface area contributed by atoms with Crippen LogP contribution in [-0.4, -0.2) is 64.2 Å². The van der Waals surface area contributed by atoms with Crippen molar-refractivity contribution in [1.82, 2.24) is 34.0 Å².